The molecule has 21 heavy (non-hydrogen) atoms. The van der Waals surface area contributed by atoms with Gasteiger partial charge in [0.2, 0.25) is 0 Å². The van der Waals surface area contributed by atoms with Crippen LogP contribution in [-0.4, -0.2) is 17.3 Å². The van der Waals surface area contributed by atoms with Gasteiger partial charge in [-0.1, -0.05) is 23.7 Å². The third-order valence-corrected chi connectivity index (χ3v) is 3.30. The molecule has 0 unspecified atom stereocenters. The Morgan fingerprint density at radius 2 is 2.05 bits per heavy atom. The molecule has 2 rings (SSSR count). The van der Waals surface area contributed by atoms with Gasteiger partial charge in [0.1, 0.15) is 5.75 Å². The Morgan fingerprint density at radius 3 is 2.71 bits per heavy atom. The Morgan fingerprint density at radius 1 is 1.29 bits per heavy atom. The molecule has 0 N–H and O–H groups in total. The Bertz CT molecular complexity index is 700. The average molecular weight is 306 g/mol. The second kappa shape index (κ2) is 6.37. The molecule has 0 fully saturated rings. The molecule has 0 heterocycles. The summed E-state index contributed by atoms with van der Waals surface area (Å²) in [5.41, 5.74) is 0.968. The summed E-state index contributed by atoms with van der Waals surface area (Å²) in [5, 5.41) is 11.3. The molecule has 0 radical (unpaired) electrons. The summed E-state index contributed by atoms with van der Waals surface area (Å²) >= 11 is 5.90. The Balaban J connectivity index is 2.06. The number of aryl methyl sites for hydroxylation is 1. The standard InChI is InChI=1S/C15H12ClNO4/c1-10-7-13(5-6-14(10)16)21-9-15(18)11-3-2-4-12(8-11)17(19)20/h2-8H,9H2,1H3. The van der Waals surface area contributed by atoms with Crippen LogP contribution in [-0.2, 0) is 0 Å². The molecule has 0 aromatic heterocycles. The first-order chi connectivity index (χ1) is 9.97. The Kier molecular flexibility index (Phi) is 4.55. The lowest BCUT2D eigenvalue weighted by Crippen LogP contribution is -2.11. The molecule has 6 heteroatoms. The van der Waals surface area contributed by atoms with Crippen LogP contribution in [0.1, 0.15) is 15.9 Å². The third-order valence-electron chi connectivity index (χ3n) is 2.88. The number of ether oxygens (including phenoxy) is 1. The maximum absolute atomic E-state index is 12.0. The van der Waals surface area contributed by atoms with Crippen molar-refractivity contribution in [3.63, 3.8) is 0 Å². The molecule has 0 bridgehead atoms. The highest BCUT2D eigenvalue weighted by Gasteiger charge is 2.12. The molecule has 0 aliphatic heterocycles. The van der Waals surface area contributed by atoms with Gasteiger partial charge in [0.05, 0.1) is 4.92 Å². The fourth-order valence-corrected chi connectivity index (χ4v) is 1.85. The third kappa shape index (κ3) is 3.79. The fraction of sp³-hybridized carbons (Fsp3) is 0.133. The van der Waals surface area contributed by atoms with E-state index >= 15 is 0 Å². The van der Waals surface area contributed by atoms with Crippen LogP contribution in [0.4, 0.5) is 5.69 Å². The van der Waals surface area contributed by atoms with E-state index in [1.165, 1.54) is 24.3 Å². The number of nitro groups is 1. The number of halogens is 1. The van der Waals surface area contributed by atoms with E-state index in [4.69, 9.17) is 16.3 Å². The molecule has 0 aliphatic carbocycles. The molecule has 0 atom stereocenters. The van der Waals surface area contributed by atoms with Crippen LogP contribution in [0.25, 0.3) is 0 Å². The average Bonchev–Trinajstić information content (AvgIpc) is 2.48. The molecule has 0 saturated heterocycles. The largest absolute Gasteiger partial charge is 0.485 e. The smallest absolute Gasteiger partial charge is 0.270 e. The van der Waals surface area contributed by atoms with E-state index in [2.05, 4.69) is 0 Å². The number of rotatable bonds is 5. The minimum Gasteiger partial charge on any atom is -0.485 e. The van der Waals surface area contributed by atoms with E-state index < -0.39 is 4.92 Å². The number of nitro benzene ring substituents is 1. The summed E-state index contributed by atoms with van der Waals surface area (Å²) in [6.45, 7) is 1.64. The number of ketones is 1. The number of hydrogen-bond acceptors (Lipinski definition) is 4. The predicted molar refractivity (Wildman–Crippen MR) is 79.1 cm³/mol. The normalized spacial score (nSPS) is 10.2. The first-order valence-corrected chi connectivity index (χ1v) is 6.52. The van der Waals surface area contributed by atoms with Crippen LogP contribution in [0.5, 0.6) is 5.75 Å². The van der Waals surface area contributed by atoms with Crippen molar-refractivity contribution < 1.29 is 14.5 Å². The molecule has 108 valence electrons. The number of nitrogens with zero attached hydrogens (tertiary/aromatic N) is 1. The lowest BCUT2D eigenvalue weighted by molar-refractivity contribution is -0.384. The van der Waals surface area contributed by atoms with Crippen molar-refractivity contribution in [2.24, 2.45) is 0 Å². The lowest BCUT2D eigenvalue weighted by atomic mass is 10.1. The molecule has 0 spiro atoms. The number of benzene rings is 2. The van der Waals surface area contributed by atoms with Crippen molar-refractivity contribution in [3.05, 3.63) is 68.7 Å². The summed E-state index contributed by atoms with van der Waals surface area (Å²) in [5.74, 6) is 0.196. The zero-order valence-corrected chi connectivity index (χ0v) is 12.0. The van der Waals surface area contributed by atoms with Crippen molar-refractivity contribution >= 4 is 23.1 Å². The van der Waals surface area contributed by atoms with Gasteiger partial charge in [-0.05, 0) is 30.7 Å². The highest BCUT2D eigenvalue weighted by Crippen LogP contribution is 2.21. The first-order valence-electron chi connectivity index (χ1n) is 6.14. The van der Waals surface area contributed by atoms with E-state index in [0.717, 1.165) is 5.56 Å². The van der Waals surface area contributed by atoms with Gasteiger partial charge in [-0.2, -0.15) is 0 Å². The van der Waals surface area contributed by atoms with Crippen LogP contribution in [0.2, 0.25) is 5.02 Å². The van der Waals surface area contributed by atoms with Crippen LogP contribution < -0.4 is 4.74 Å². The monoisotopic (exact) mass is 305 g/mol. The highest BCUT2D eigenvalue weighted by molar-refractivity contribution is 6.31. The summed E-state index contributed by atoms with van der Waals surface area (Å²) < 4.78 is 5.38. The summed E-state index contributed by atoms with van der Waals surface area (Å²) in [7, 11) is 0. The predicted octanol–water partition coefficient (Wildman–Crippen LogP) is 3.82. The van der Waals surface area contributed by atoms with Crippen LogP contribution >= 0.6 is 11.6 Å². The molecule has 2 aromatic carbocycles. The quantitative estimate of drug-likeness (QED) is 0.478. The number of Topliss-reactive ketones (excluding diaryl/α,β-unsaturated/α-hetero) is 1. The van der Waals surface area contributed by atoms with Crippen molar-refractivity contribution in [2.75, 3.05) is 6.61 Å². The number of non-ortho nitro benzene ring substituents is 1. The van der Waals surface area contributed by atoms with Gasteiger partial charge >= 0.3 is 0 Å². The Labute approximate surface area is 126 Å². The molecular formula is C15H12ClNO4. The zero-order valence-electron chi connectivity index (χ0n) is 11.2. The highest BCUT2D eigenvalue weighted by atomic mass is 35.5. The first kappa shape index (κ1) is 15.0. The summed E-state index contributed by atoms with van der Waals surface area (Å²) in [6, 6.07) is 10.6. The minimum atomic E-state index is -0.541. The molecule has 2 aromatic rings. The van der Waals surface area contributed by atoms with Gasteiger partial charge in [0.25, 0.3) is 5.69 Å². The zero-order chi connectivity index (χ0) is 15.4. The van der Waals surface area contributed by atoms with Crippen molar-refractivity contribution in [3.8, 4) is 5.75 Å². The van der Waals surface area contributed by atoms with Crippen LogP contribution in [0.15, 0.2) is 42.5 Å². The van der Waals surface area contributed by atoms with Gasteiger partial charge < -0.3 is 4.74 Å². The SMILES string of the molecule is Cc1cc(OCC(=O)c2cccc([N+](=O)[O-])c2)ccc1Cl. The van der Waals surface area contributed by atoms with Crippen LogP contribution in [0.3, 0.4) is 0 Å². The van der Waals surface area contributed by atoms with E-state index in [1.807, 2.05) is 6.92 Å². The van der Waals surface area contributed by atoms with E-state index in [9.17, 15) is 14.9 Å². The van der Waals surface area contributed by atoms with E-state index in [0.29, 0.717) is 10.8 Å². The van der Waals surface area contributed by atoms with Gasteiger partial charge in [-0.3, -0.25) is 14.9 Å². The molecule has 0 saturated carbocycles. The van der Waals surface area contributed by atoms with E-state index in [-0.39, 0.29) is 23.6 Å². The molecule has 0 amide bonds. The number of carbonyl (C=O) groups excluding carboxylic acids is 1. The van der Waals surface area contributed by atoms with Gasteiger partial charge in [0, 0.05) is 22.7 Å². The van der Waals surface area contributed by atoms with Gasteiger partial charge in [0.15, 0.2) is 12.4 Å². The maximum atomic E-state index is 12.0. The van der Waals surface area contributed by atoms with Crippen molar-refractivity contribution in [1.29, 1.82) is 0 Å². The van der Waals surface area contributed by atoms with Crippen molar-refractivity contribution in [1.82, 2.24) is 0 Å². The van der Waals surface area contributed by atoms with Gasteiger partial charge in [-0.15, -0.1) is 0 Å². The van der Waals surface area contributed by atoms with Crippen LogP contribution in [0, 0.1) is 17.0 Å². The molecular weight excluding hydrogens is 294 g/mol. The maximum Gasteiger partial charge on any atom is 0.270 e. The number of hydrogen-bond donors (Lipinski definition) is 0. The fourth-order valence-electron chi connectivity index (χ4n) is 1.73. The molecule has 0 aliphatic rings. The summed E-state index contributed by atoms with van der Waals surface area (Å²) in [6.07, 6.45) is 0. The molecule has 5 nitrogen and oxygen atoms in total. The summed E-state index contributed by atoms with van der Waals surface area (Å²) in [4.78, 5) is 22.1. The topological polar surface area (TPSA) is 69.4 Å². The van der Waals surface area contributed by atoms with Crippen molar-refractivity contribution in [2.45, 2.75) is 6.92 Å². The second-order valence-electron chi connectivity index (χ2n) is 4.43. The minimum absolute atomic E-state index is 0.122. The van der Waals surface area contributed by atoms with E-state index in [1.54, 1.807) is 18.2 Å². The number of carbonyl (C=O) groups is 1. The lowest BCUT2D eigenvalue weighted by Gasteiger charge is -2.07. The Hall–Kier alpha value is -2.40. The van der Waals surface area contributed by atoms with Gasteiger partial charge in [-0.25, -0.2) is 0 Å². The second-order valence-corrected chi connectivity index (χ2v) is 4.84.